The van der Waals surface area contributed by atoms with Crippen LogP contribution in [0, 0.1) is 5.92 Å². The molecule has 0 aromatic rings. The molecule has 0 aromatic heterocycles. The van der Waals surface area contributed by atoms with Gasteiger partial charge in [0.1, 0.15) is 0 Å². The first-order valence-corrected chi connectivity index (χ1v) is 5.01. The molecule has 0 amide bonds. The largest absolute Gasteiger partial charge is 0.463 e. The molecular weight excluding hydrogens is 180 g/mol. The number of carbonyl (C=O) groups is 1. The second kappa shape index (κ2) is 6.60. The normalized spacial score (nSPS) is 14.3. The lowest BCUT2D eigenvalue weighted by atomic mass is 10.0. The highest BCUT2D eigenvalue weighted by molar-refractivity contribution is 5.87. The summed E-state index contributed by atoms with van der Waals surface area (Å²) in [6.45, 7) is 7.74. The van der Waals surface area contributed by atoms with Crippen LogP contribution in [0.1, 0.15) is 34.1 Å². The summed E-state index contributed by atoms with van der Waals surface area (Å²) >= 11 is 0. The zero-order valence-corrected chi connectivity index (χ0v) is 9.41. The van der Waals surface area contributed by atoms with Crippen LogP contribution in [-0.4, -0.2) is 23.8 Å². The first-order chi connectivity index (χ1) is 6.49. The highest BCUT2D eigenvalue weighted by Gasteiger charge is 2.09. The molecule has 0 unspecified atom stereocenters. The standard InChI is InChI=1S/C11H20O3/c1-5-14-11(13)9(4)6-7-10(12)8(2)3/h6,8,10,12H,5,7H2,1-4H3/b9-6+/t10-/m1/s1. The van der Waals surface area contributed by atoms with Gasteiger partial charge in [-0.1, -0.05) is 19.9 Å². The SMILES string of the molecule is CCOC(=O)/C(C)=C/C[C@@H](O)C(C)C. The Morgan fingerprint density at radius 3 is 2.50 bits per heavy atom. The Bertz CT molecular complexity index is 207. The third kappa shape index (κ3) is 5.02. The maximum atomic E-state index is 11.2. The molecule has 0 bridgehead atoms. The van der Waals surface area contributed by atoms with Crippen molar-refractivity contribution in [1.82, 2.24) is 0 Å². The van der Waals surface area contributed by atoms with Gasteiger partial charge in [-0.25, -0.2) is 4.79 Å². The van der Waals surface area contributed by atoms with E-state index in [2.05, 4.69) is 0 Å². The number of hydrogen-bond acceptors (Lipinski definition) is 3. The van der Waals surface area contributed by atoms with Gasteiger partial charge in [0.25, 0.3) is 0 Å². The minimum Gasteiger partial charge on any atom is -0.463 e. The fourth-order valence-electron chi connectivity index (χ4n) is 0.898. The first kappa shape index (κ1) is 13.2. The Labute approximate surface area is 85.8 Å². The van der Waals surface area contributed by atoms with Gasteiger partial charge < -0.3 is 9.84 Å². The third-order valence-electron chi connectivity index (χ3n) is 2.03. The monoisotopic (exact) mass is 200 g/mol. The Hall–Kier alpha value is -0.830. The predicted molar refractivity (Wildman–Crippen MR) is 55.9 cm³/mol. The van der Waals surface area contributed by atoms with Gasteiger partial charge in [-0.15, -0.1) is 0 Å². The van der Waals surface area contributed by atoms with E-state index >= 15 is 0 Å². The van der Waals surface area contributed by atoms with E-state index in [4.69, 9.17) is 4.74 Å². The molecule has 14 heavy (non-hydrogen) atoms. The van der Waals surface area contributed by atoms with Crippen molar-refractivity contribution in [3.8, 4) is 0 Å². The zero-order chi connectivity index (χ0) is 11.1. The molecule has 0 heterocycles. The van der Waals surface area contributed by atoms with Crippen LogP contribution in [0.4, 0.5) is 0 Å². The zero-order valence-electron chi connectivity index (χ0n) is 9.41. The first-order valence-electron chi connectivity index (χ1n) is 5.01. The molecule has 0 aromatic carbocycles. The van der Waals surface area contributed by atoms with Crippen molar-refractivity contribution >= 4 is 5.97 Å². The van der Waals surface area contributed by atoms with Crippen molar-refractivity contribution < 1.29 is 14.6 Å². The second-order valence-corrected chi connectivity index (χ2v) is 3.65. The minimum absolute atomic E-state index is 0.209. The van der Waals surface area contributed by atoms with E-state index in [1.165, 1.54) is 0 Å². The summed E-state index contributed by atoms with van der Waals surface area (Å²) in [6, 6.07) is 0. The highest BCUT2D eigenvalue weighted by atomic mass is 16.5. The number of carbonyl (C=O) groups excluding carboxylic acids is 1. The molecule has 0 rings (SSSR count). The molecule has 0 fully saturated rings. The Kier molecular flexibility index (Phi) is 6.21. The van der Waals surface area contributed by atoms with Gasteiger partial charge in [0.05, 0.1) is 12.7 Å². The van der Waals surface area contributed by atoms with E-state index in [0.29, 0.717) is 18.6 Å². The molecule has 0 radical (unpaired) electrons. The maximum absolute atomic E-state index is 11.2. The van der Waals surface area contributed by atoms with Gasteiger partial charge in [-0.2, -0.15) is 0 Å². The number of aliphatic hydroxyl groups is 1. The molecule has 0 aliphatic carbocycles. The van der Waals surface area contributed by atoms with Crippen LogP contribution >= 0.6 is 0 Å². The number of ether oxygens (including phenoxy) is 1. The van der Waals surface area contributed by atoms with Gasteiger partial charge in [0.2, 0.25) is 0 Å². The molecule has 0 aliphatic rings. The van der Waals surface area contributed by atoms with Gasteiger partial charge in [-0.3, -0.25) is 0 Å². The van der Waals surface area contributed by atoms with Gasteiger partial charge in [0.15, 0.2) is 0 Å². The summed E-state index contributed by atoms with van der Waals surface area (Å²) in [5.74, 6) is -0.0929. The van der Waals surface area contributed by atoms with Crippen molar-refractivity contribution in [3.63, 3.8) is 0 Å². The van der Waals surface area contributed by atoms with Crippen LogP contribution in [0.25, 0.3) is 0 Å². The van der Waals surface area contributed by atoms with E-state index in [-0.39, 0.29) is 18.0 Å². The van der Waals surface area contributed by atoms with Crippen molar-refractivity contribution in [2.45, 2.75) is 40.2 Å². The van der Waals surface area contributed by atoms with Crippen LogP contribution in [-0.2, 0) is 9.53 Å². The number of rotatable bonds is 5. The lowest BCUT2D eigenvalue weighted by Gasteiger charge is -2.11. The Morgan fingerprint density at radius 2 is 2.07 bits per heavy atom. The number of esters is 1. The molecule has 1 atom stereocenters. The molecule has 0 spiro atoms. The molecule has 0 aliphatic heterocycles. The molecule has 1 N–H and O–H groups in total. The predicted octanol–water partition coefficient (Wildman–Crippen LogP) is 1.90. The third-order valence-corrected chi connectivity index (χ3v) is 2.03. The number of aliphatic hydroxyl groups excluding tert-OH is 1. The van der Waals surface area contributed by atoms with E-state index in [1.54, 1.807) is 19.9 Å². The van der Waals surface area contributed by atoms with Crippen molar-refractivity contribution in [1.29, 1.82) is 0 Å². The summed E-state index contributed by atoms with van der Waals surface area (Å²) in [5, 5.41) is 9.49. The summed E-state index contributed by atoms with van der Waals surface area (Å²) in [4.78, 5) is 11.2. The van der Waals surface area contributed by atoms with E-state index in [9.17, 15) is 9.90 Å². The molecule has 0 saturated heterocycles. The van der Waals surface area contributed by atoms with Crippen molar-refractivity contribution in [2.75, 3.05) is 6.61 Å². The van der Waals surface area contributed by atoms with Crippen molar-refractivity contribution in [3.05, 3.63) is 11.6 Å². The average Bonchev–Trinajstić information content (AvgIpc) is 2.13. The molecular formula is C11H20O3. The van der Waals surface area contributed by atoms with Gasteiger partial charge in [-0.05, 0) is 26.2 Å². The van der Waals surface area contributed by atoms with Crippen LogP contribution in [0.15, 0.2) is 11.6 Å². The summed E-state index contributed by atoms with van der Waals surface area (Å²) < 4.78 is 4.81. The molecule has 3 heteroatoms. The second-order valence-electron chi connectivity index (χ2n) is 3.65. The van der Waals surface area contributed by atoms with E-state index in [0.717, 1.165) is 0 Å². The van der Waals surface area contributed by atoms with Crippen LogP contribution in [0.3, 0.4) is 0 Å². The summed E-state index contributed by atoms with van der Waals surface area (Å²) in [6.07, 6.45) is 1.84. The molecule has 82 valence electrons. The van der Waals surface area contributed by atoms with E-state index in [1.807, 2.05) is 13.8 Å². The van der Waals surface area contributed by atoms with Crippen molar-refractivity contribution in [2.24, 2.45) is 5.92 Å². The van der Waals surface area contributed by atoms with E-state index < -0.39 is 0 Å². The maximum Gasteiger partial charge on any atom is 0.333 e. The fraction of sp³-hybridized carbons (Fsp3) is 0.727. The van der Waals surface area contributed by atoms with Gasteiger partial charge >= 0.3 is 5.97 Å². The average molecular weight is 200 g/mol. The quantitative estimate of drug-likeness (QED) is 0.544. The van der Waals surface area contributed by atoms with Crippen LogP contribution < -0.4 is 0 Å². The Morgan fingerprint density at radius 1 is 1.50 bits per heavy atom. The highest BCUT2D eigenvalue weighted by Crippen LogP contribution is 2.08. The Balaban J connectivity index is 4.05. The number of hydrogen-bond donors (Lipinski definition) is 1. The molecule has 3 nitrogen and oxygen atoms in total. The topological polar surface area (TPSA) is 46.5 Å². The van der Waals surface area contributed by atoms with Crippen LogP contribution in [0.2, 0.25) is 0 Å². The van der Waals surface area contributed by atoms with Gasteiger partial charge in [0, 0.05) is 5.57 Å². The lowest BCUT2D eigenvalue weighted by molar-refractivity contribution is -0.138. The van der Waals surface area contributed by atoms with Crippen LogP contribution in [0.5, 0.6) is 0 Å². The fourth-order valence-corrected chi connectivity index (χ4v) is 0.898. The summed E-state index contributed by atoms with van der Waals surface area (Å²) in [7, 11) is 0. The lowest BCUT2D eigenvalue weighted by Crippen LogP contribution is -2.14. The smallest absolute Gasteiger partial charge is 0.333 e. The molecule has 0 saturated carbocycles. The minimum atomic E-state index is -0.389. The summed E-state index contributed by atoms with van der Waals surface area (Å²) in [5.41, 5.74) is 0.562.